The van der Waals surface area contributed by atoms with Crippen molar-refractivity contribution < 1.29 is 14.6 Å². The molecule has 0 unspecified atom stereocenters. The van der Waals surface area contributed by atoms with E-state index in [0.29, 0.717) is 23.3 Å². The number of carbonyl (C=O) groups excluding carboxylic acids is 1. The van der Waals surface area contributed by atoms with E-state index >= 15 is 0 Å². The fourth-order valence-corrected chi connectivity index (χ4v) is 1.78. The van der Waals surface area contributed by atoms with Crippen molar-refractivity contribution in [3.8, 4) is 0 Å². The van der Waals surface area contributed by atoms with E-state index < -0.39 is 5.97 Å². The standard InChI is InChI=1S/C12H14N2O3/c1-3-17-12(16)10-6-13-14-8(2)4-5-9(7-15)11(10)14/h4-6,15H,3,7H2,1-2H3. The smallest absolute Gasteiger partial charge is 0.341 e. The second-order valence-electron chi connectivity index (χ2n) is 3.70. The Labute approximate surface area is 98.6 Å². The van der Waals surface area contributed by atoms with Gasteiger partial charge in [0, 0.05) is 11.3 Å². The molecule has 0 aromatic carbocycles. The summed E-state index contributed by atoms with van der Waals surface area (Å²) >= 11 is 0. The fourth-order valence-electron chi connectivity index (χ4n) is 1.78. The van der Waals surface area contributed by atoms with Gasteiger partial charge in [-0.25, -0.2) is 9.31 Å². The lowest BCUT2D eigenvalue weighted by molar-refractivity contribution is 0.0528. The summed E-state index contributed by atoms with van der Waals surface area (Å²) < 4.78 is 6.60. The highest BCUT2D eigenvalue weighted by Crippen LogP contribution is 2.19. The first-order chi connectivity index (χ1) is 8.19. The van der Waals surface area contributed by atoms with E-state index in [1.54, 1.807) is 17.5 Å². The maximum Gasteiger partial charge on any atom is 0.341 e. The van der Waals surface area contributed by atoms with Gasteiger partial charge in [0.05, 0.1) is 24.9 Å². The number of hydrogen-bond acceptors (Lipinski definition) is 4. The minimum Gasteiger partial charge on any atom is -0.462 e. The van der Waals surface area contributed by atoms with Crippen molar-refractivity contribution in [3.05, 3.63) is 35.2 Å². The van der Waals surface area contributed by atoms with Gasteiger partial charge in [-0.3, -0.25) is 0 Å². The summed E-state index contributed by atoms with van der Waals surface area (Å²) in [5, 5.41) is 13.4. The number of rotatable bonds is 3. The van der Waals surface area contributed by atoms with Crippen LogP contribution in [0.5, 0.6) is 0 Å². The lowest BCUT2D eigenvalue weighted by atomic mass is 10.1. The van der Waals surface area contributed by atoms with Crippen LogP contribution in [-0.2, 0) is 11.3 Å². The quantitative estimate of drug-likeness (QED) is 0.813. The van der Waals surface area contributed by atoms with Gasteiger partial charge in [-0.05, 0) is 19.9 Å². The third kappa shape index (κ3) is 1.89. The number of hydrogen-bond donors (Lipinski definition) is 1. The van der Waals surface area contributed by atoms with E-state index in [4.69, 9.17) is 4.74 Å². The maximum atomic E-state index is 11.7. The highest BCUT2D eigenvalue weighted by atomic mass is 16.5. The molecule has 0 atom stereocenters. The fraction of sp³-hybridized carbons (Fsp3) is 0.333. The Bertz CT molecular complexity index is 560. The molecule has 0 saturated carbocycles. The van der Waals surface area contributed by atoms with E-state index in [1.807, 2.05) is 13.0 Å². The third-order valence-electron chi connectivity index (χ3n) is 2.60. The number of aryl methyl sites for hydroxylation is 1. The molecule has 0 amide bonds. The average Bonchev–Trinajstić information content (AvgIpc) is 2.75. The topological polar surface area (TPSA) is 63.8 Å². The van der Waals surface area contributed by atoms with Gasteiger partial charge in [-0.2, -0.15) is 5.10 Å². The molecule has 2 heterocycles. The number of esters is 1. The molecule has 0 spiro atoms. The Hall–Kier alpha value is -1.88. The van der Waals surface area contributed by atoms with Crippen molar-refractivity contribution in [1.29, 1.82) is 0 Å². The van der Waals surface area contributed by atoms with Crippen molar-refractivity contribution in [1.82, 2.24) is 9.61 Å². The zero-order chi connectivity index (χ0) is 12.4. The number of fused-ring (bicyclic) bond motifs is 1. The van der Waals surface area contributed by atoms with Crippen LogP contribution in [0.25, 0.3) is 5.52 Å². The van der Waals surface area contributed by atoms with E-state index in [0.717, 1.165) is 5.69 Å². The summed E-state index contributed by atoms with van der Waals surface area (Å²) in [6, 6.07) is 3.63. The summed E-state index contributed by atoms with van der Waals surface area (Å²) in [6.07, 6.45) is 1.47. The number of ether oxygens (including phenoxy) is 1. The number of nitrogens with zero attached hydrogens (tertiary/aromatic N) is 2. The molecule has 1 N–H and O–H groups in total. The SMILES string of the molecule is CCOC(=O)c1cnn2c(C)ccc(CO)c12. The van der Waals surface area contributed by atoms with Crippen LogP contribution in [0.15, 0.2) is 18.3 Å². The molecular formula is C12H14N2O3. The predicted molar refractivity (Wildman–Crippen MR) is 61.8 cm³/mol. The second kappa shape index (κ2) is 4.55. The van der Waals surface area contributed by atoms with Crippen molar-refractivity contribution >= 4 is 11.5 Å². The number of aromatic nitrogens is 2. The normalized spacial score (nSPS) is 10.8. The van der Waals surface area contributed by atoms with Crippen molar-refractivity contribution in [2.75, 3.05) is 6.61 Å². The predicted octanol–water partition coefficient (Wildman–Crippen LogP) is 1.31. The number of pyridine rings is 1. The van der Waals surface area contributed by atoms with Crippen molar-refractivity contribution in [2.24, 2.45) is 0 Å². The highest BCUT2D eigenvalue weighted by molar-refractivity contribution is 5.97. The lowest BCUT2D eigenvalue weighted by Gasteiger charge is -2.06. The van der Waals surface area contributed by atoms with Gasteiger partial charge < -0.3 is 9.84 Å². The van der Waals surface area contributed by atoms with Crippen LogP contribution >= 0.6 is 0 Å². The van der Waals surface area contributed by atoms with Gasteiger partial charge in [0.15, 0.2) is 0 Å². The molecule has 2 aromatic rings. The molecule has 0 saturated heterocycles. The molecule has 0 aliphatic carbocycles. The van der Waals surface area contributed by atoms with Crippen LogP contribution in [0.2, 0.25) is 0 Å². The van der Waals surface area contributed by atoms with Crippen molar-refractivity contribution in [3.63, 3.8) is 0 Å². The van der Waals surface area contributed by atoms with Crippen LogP contribution in [0.3, 0.4) is 0 Å². The van der Waals surface area contributed by atoms with Gasteiger partial charge in [-0.15, -0.1) is 0 Å². The first kappa shape index (κ1) is 11.6. The number of carbonyl (C=O) groups is 1. The highest BCUT2D eigenvalue weighted by Gasteiger charge is 2.17. The van der Waals surface area contributed by atoms with Gasteiger partial charge in [0.2, 0.25) is 0 Å². The summed E-state index contributed by atoms with van der Waals surface area (Å²) in [5.74, 6) is -0.414. The first-order valence-corrected chi connectivity index (χ1v) is 5.43. The first-order valence-electron chi connectivity index (χ1n) is 5.43. The maximum absolute atomic E-state index is 11.7. The van der Waals surface area contributed by atoms with Crippen molar-refractivity contribution in [2.45, 2.75) is 20.5 Å². The molecule has 0 aliphatic heterocycles. The Morgan fingerprint density at radius 1 is 1.53 bits per heavy atom. The zero-order valence-corrected chi connectivity index (χ0v) is 9.80. The zero-order valence-electron chi connectivity index (χ0n) is 9.80. The van der Waals surface area contributed by atoms with E-state index in [2.05, 4.69) is 5.10 Å². The number of aliphatic hydroxyl groups excluding tert-OH is 1. The molecule has 17 heavy (non-hydrogen) atoms. The monoisotopic (exact) mass is 234 g/mol. The summed E-state index contributed by atoms with van der Waals surface area (Å²) in [6.45, 7) is 3.82. The molecule has 2 rings (SSSR count). The van der Waals surface area contributed by atoms with Gasteiger partial charge >= 0.3 is 5.97 Å². The van der Waals surface area contributed by atoms with Crippen LogP contribution in [0, 0.1) is 6.92 Å². The minimum absolute atomic E-state index is 0.137. The third-order valence-corrected chi connectivity index (χ3v) is 2.60. The Morgan fingerprint density at radius 3 is 2.94 bits per heavy atom. The van der Waals surface area contributed by atoms with E-state index in [1.165, 1.54) is 6.20 Å². The molecule has 5 heteroatoms. The van der Waals surface area contributed by atoms with E-state index in [9.17, 15) is 9.90 Å². The van der Waals surface area contributed by atoms with Crippen LogP contribution < -0.4 is 0 Å². The minimum atomic E-state index is -0.414. The van der Waals surface area contributed by atoms with Gasteiger partial charge in [0.1, 0.15) is 5.56 Å². The molecule has 5 nitrogen and oxygen atoms in total. The van der Waals surface area contributed by atoms with Crippen LogP contribution in [0.4, 0.5) is 0 Å². The average molecular weight is 234 g/mol. The van der Waals surface area contributed by atoms with E-state index in [-0.39, 0.29) is 6.61 Å². The molecule has 2 aromatic heterocycles. The second-order valence-corrected chi connectivity index (χ2v) is 3.70. The molecular weight excluding hydrogens is 220 g/mol. The number of aliphatic hydroxyl groups is 1. The molecule has 0 fully saturated rings. The molecule has 90 valence electrons. The van der Waals surface area contributed by atoms with Gasteiger partial charge in [0.25, 0.3) is 0 Å². The van der Waals surface area contributed by atoms with Gasteiger partial charge in [-0.1, -0.05) is 6.07 Å². The summed E-state index contributed by atoms with van der Waals surface area (Å²) in [7, 11) is 0. The van der Waals surface area contributed by atoms with Crippen LogP contribution in [-0.4, -0.2) is 27.3 Å². The Kier molecular flexibility index (Phi) is 3.10. The molecule has 0 aliphatic rings. The summed E-state index contributed by atoms with van der Waals surface area (Å²) in [5.41, 5.74) is 2.56. The van der Waals surface area contributed by atoms with Crippen LogP contribution in [0.1, 0.15) is 28.5 Å². The molecule has 0 bridgehead atoms. The lowest BCUT2D eigenvalue weighted by Crippen LogP contribution is -2.06. The Balaban J connectivity index is 2.65. The Morgan fingerprint density at radius 2 is 2.29 bits per heavy atom. The largest absolute Gasteiger partial charge is 0.462 e. The summed E-state index contributed by atoms with van der Waals surface area (Å²) in [4.78, 5) is 11.7. The molecule has 0 radical (unpaired) electrons.